The van der Waals surface area contributed by atoms with E-state index in [0.29, 0.717) is 12.1 Å². The van der Waals surface area contributed by atoms with Crippen molar-refractivity contribution in [2.24, 2.45) is 5.73 Å². The highest BCUT2D eigenvalue weighted by Gasteiger charge is 2.24. The van der Waals surface area contributed by atoms with E-state index in [1.807, 2.05) is 12.1 Å². The van der Waals surface area contributed by atoms with Gasteiger partial charge < -0.3 is 10.8 Å². The minimum Gasteiger partial charge on any atom is -0.481 e. The Morgan fingerprint density at radius 1 is 1.35 bits per heavy atom. The Kier molecular flexibility index (Phi) is 4.74. The highest BCUT2D eigenvalue weighted by molar-refractivity contribution is 5.92. The molecular formula is C15H20N2O3. The van der Waals surface area contributed by atoms with Gasteiger partial charge in [-0.1, -0.05) is 18.6 Å². The molecule has 108 valence electrons. The van der Waals surface area contributed by atoms with Crippen LogP contribution in [0.15, 0.2) is 24.3 Å². The first kappa shape index (κ1) is 14.5. The summed E-state index contributed by atoms with van der Waals surface area (Å²) in [6.45, 7) is 1.57. The monoisotopic (exact) mass is 276 g/mol. The van der Waals surface area contributed by atoms with Crippen molar-refractivity contribution < 1.29 is 14.7 Å². The number of nitrogens with two attached hydrogens (primary N) is 1. The van der Waals surface area contributed by atoms with E-state index in [4.69, 9.17) is 10.8 Å². The number of nitrogens with zero attached hydrogens (tertiary/aromatic N) is 1. The summed E-state index contributed by atoms with van der Waals surface area (Å²) >= 11 is 0. The van der Waals surface area contributed by atoms with Gasteiger partial charge in [-0.25, -0.2) is 0 Å². The number of benzene rings is 1. The molecule has 0 saturated carbocycles. The van der Waals surface area contributed by atoms with Gasteiger partial charge in [0.05, 0.1) is 6.42 Å². The molecule has 0 radical (unpaired) electrons. The van der Waals surface area contributed by atoms with Crippen LogP contribution in [-0.2, 0) is 11.3 Å². The van der Waals surface area contributed by atoms with Gasteiger partial charge in [0.15, 0.2) is 0 Å². The minimum atomic E-state index is -0.757. The predicted molar refractivity (Wildman–Crippen MR) is 75.3 cm³/mol. The lowest BCUT2D eigenvalue weighted by Crippen LogP contribution is -2.40. The summed E-state index contributed by atoms with van der Waals surface area (Å²) < 4.78 is 0. The summed E-state index contributed by atoms with van der Waals surface area (Å²) in [5, 5.41) is 8.98. The smallest absolute Gasteiger partial charge is 0.304 e. The Morgan fingerprint density at radius 2 is 2.15 bits per heavy atom. The SMILES string of the molecule is NC(=O)c1cccc(CN2CCCCC2CC(=O)O)c1. The molecule has 20 heavy (non-hydrogen) atoms. The summed E-state index contributed by atoms with van der Waals surface area (Å²) in [7, 11) is 0. The number of piperidine rings is 1. The highest BCUT2D eigenvalue weighted by Crippen LogP contribution is 2.22. The van der Waals surface area contributed by atoms with Crippen molar-refractivity contribution in [2.45, 2.75) is 38.3 Å². The van der Waals surface area contributed by atoms with E-state index in [0.717, 1.165) is 31.4 Å². The van der Waals surface area contributed by atoms with Gasteiger partial charge in [-0.05, 0) is 37.1 Å². The number of amides is 1. The second kappa shape index (κ2) is 6.52. The first-order valence-corrected chi connectivity index (χ1v) is 6.91. The zero-order valence-electron chi connectivity index (χ0n) is 11.4. The van der Waals surface area contributed by atoms with Crippen LogP contribution in [0, 0.1) is 0 Å². The van der Waals surface area contributed by atoms with Crippen LogP contribution in [0.2, 0.25) is 0 Å². The number of primary amides is 1. The second-order valence-electron chi connectivity index (χ2n) is 5.28. The number of hydrogen-bond acceptors (Lipinski definition) is 3. The minimum absolute atomic E-state index is 0.0819. The molecule has 0 aromatic heterocycles. The van der Waals surface area contributed by atoms with E-state index in [1.54, 1.807) is 12.1 Å². The number of carbonyl (C=O) groups excluding carboxylic acids is 1. The molecule has 5 heteroatoms. The molecule has 1 aromatic rings. The summed E-state index contributed by atoms with van der Waals surface area (Å²) in [5.41, 5.74) is 6.77. The Bertz CT molecular complexity index is 502. The lowest BCUT2D eigenvalue weighted by Gasteiger charge is -2.35. The summed E-state index contributed by atoms with van der Waals surface area (Å²) in [4.78, 5) is 24.3. The normalized spacial score (nSPS) is 19.7. The van der Waals surface area contributed by atoms with E-state index in [9.17, 15) is 9.59 Å². The van der Waals surface area contributed by atoms with E-state index >= 15 is 0 Å². The van der Waals surface area contributed by atoms with Gasteiger partial charge >= 0.3 is 5.97 Å². The van der Waals surface area contributed by atoms with Gasteiger partial charge in [0.1, 0.15) is 0 Å². The second-order valence-corrected chi connectivity index (χ2v) is 5.28. The molecule has 5 nitrogen and oxygen atoms in total. The maximum Gasteiger partial charge on any atom is 0.304 e. The number of carbonyl (C=O) groups is 2. The van der Waals surface area contributed by atoms with Crippen LogP contribution in [0.5, 0.6) is 0 Å². The Labute approximate surface area is 118 Å². The molecule has 2 rings (SSSR count). The molecule has 1 heterocycles. The van der Waals surface area contributed by atoms with E-state index in [1.165, 1.54) is 0 Å². The van der Waals surface area contributed by atoms with Crippen molar-refractivity contribution in [1.82, 2.24) is 4.90 Å². The van der Waals surface area contributed by atoms with Crippen LogP contribution < -0.4 is 5.73 Å². The zero-order chi connectivity index (χ0) is 14.5. The zero-order valence-corrected chi connectivity index (χ0v) is 11.4. The number of rotatable bonds is 5. The largest absolute Gasteiger partial charge is 0.481 e. The van der Waals surface area contributed by atoms with E-state index in [-0.39, 0.29) is 12.5 Å². The van der Waals surface area contributed by atoms with Gasteiger partial charge in [-0.3, -0.25) is 14.5 Å². The molecule has 1 aromatic carbocycles. The standard InChI is InChI=1S/C15H20N2O3/c16-15(20)12-5-3-4-11(8-12)10-17-7-2-1-6-13(17)9-14(18)19/h3-5,8,13H,1-2,6-7,9-10H2,(H2,16,20)(H,18,19). The fourth-order valence-electron chi connectivity index (χ4n) is 2.76. The Morgan fingerprint density at radius 3 is 2.85 bits per heavy atom. The average Bonchev–Trinajstić information content (AvgIpc) is 2.41. The van der Waals surface area contributed by atoms with Crippen LogP contribution in [-0.4, -0.2) is 34.5 Å². The van der Waals surface area contributed by atoms with Crippen molar-refractivity contribution >= 4 is 11.9 Å². The predicted octanol–water partition coefficient (Wildman–Crippen LogP) is 1.61. The van der Waals surface area contributed by atoms with Crippen molar-refractivity contribution in [3.05, 3.63) is 35.4 Å². The quantitative estimate of drug-likeness (QED) is 0.856. The third kappa shape index (κ3) is 3.81. The molecule has 0 bridgehead atoms. The number of carboxylic acid groups (broad SMARTS) is 1. The van der Waals surface area contributed by atoms with Gasteiger partial charge in [0.25, 0.3) is 0 Å². The van der Waals surface area contributed by atoms with E-state index < -0.39 is 11.9 Å². The molecule has 1 aliphatic heterocycles. The molecule has 1 amide bonds. The van der Waals surface area contributed by atoms with Crippen molar-refractivity contribution in [3.8, 4) is 0 Å². The van der Waals surface area contributed by atoms with Gasteiger partial charge in [0, 0.05) is 18.2 Å². The van der Waals surface area contributed by atoms with Crippen LogP contribution in [0.1, 0.15) is 41.6 Å². The fraction of sp³-hybridized carbons (Fsp3) is 0.467. The van der Waals surface area contributed by atoms with Gasteiger partial charge in [0.2, 0.25) is 5.91 Å². The van der Waals surface area contributed by atoms with Crippen LogP contribution in [0.4, 0.5) is 0 Å². The topological polar surface area (TPSA) is 83.6 Å². The fourth-order valence-corrected chi connectivity index (χ4v) is 2.76. The van der Waals surface area contributed by atoms with Crippen molar-refractivity contribution in [3.63, 3.8) is 0 Å². The maximum absolute atomic E-state index is 11.2. The lowest BCUT2D eigenvalue weighted by molar-refractivity contribution is -0.138. The van der Waals surface area contributed by atoms with Crippen molar-refractivity contribution in [2.75, 3.05) is 6.54 Å². The molecule has 0 spiro atoms. The van der Waals surface area contributed by atoms with Crippen LogP contribution in [0.25, 0.3) is 0 Å². The van der Waals surface area contributed by atoms with E-state index in [2.05, 4.69) is 4.90 Å². The van der Waals surface area contributed by atoms with Crippen LogP contribution in [0.3, 0.4) is 0 Å². The number of hydrogen-bond donors (Lipinski definition) is 2. The number of aliphatic carboxylic acids is 1. The van der Waals surface area contributed by atoms with Gasteiger partial charge in [-0.2, -0.15) is 0 Å². The molecule has 0 aliphatic carbocycles. The van der Waals surface area contributed by atoms with Crippen molar-refractivity contribution in [1.29, 1.82) is 0 Å². The molecule has 1 saturated heterocycles. The molecule has 1 fully saturated rings. The summed E-state index contributed by atoms with van der Waals surface area (Å²) in [6.07, 6.45) is 3.26. The molecule has 3 N–H and O–H groups in total. The lowest BCUT2D eigenvalue weighted by atomic mass is 9.98. The number of likely N-dealkylation sites (tertiary alicyclic amines) is 1. The molecular weight excluding hydrogens is 256 g/mol. The molecule has 1 aliphatic rings. The molecule has 1 unspecified atom stereocenters. The first-order valence-electron chi connectivity index (χ1n) is 6.91. The average molecular weight is 276 g/mol. The third-order valence-electron chi connectivity index (χ3n) is 3.76. The highest BCUT2D eigenvalue weighted by atomic mass is 16.4. The van der Waals surface area contributed by atoms with Gasteiger partial charge in [-0.15, -0.1) is 0 Å². The Balaban J connectivity index is 2.08. The van der Waals surface area contributed by atoms with Crippen LogP contribution >= 0.6 is 0 Å². The number of carboxylic acids is 1. The summed E-state index contributed by atoms with van der Waals surface area (Å²) in [5.74, 6) is -1.19. The maximum atomic E-state index is 11.2. The Hall–Kier alpha value is -1.88. The molecule has 1 atom stereocenters. The summed E-state index contributed by atoms with van der Waals surface area (Å²) in [6, 6.07) is 7.31. The first-order chi connectivity index (χ1) is 9.56. The third-order valence-corrected chi connectivity index (χ3v) is 3.76.